The summed E-state index contributed by atoms with van der Waals surface area (Å²) in [5, 5.41) is 14.3. The van der Waals surface area contributed by atoms with Gasteiger partial charge in [-0.2, -0.15) is 0 Å². The number of carbonyl (C=O) groups excluding carboxylic acids is 2. The van der Waals surface area contributed by atoms with Crippen molar-refractivity contribution >= 4 is 23.5 Å². The minimum absolute atomic E-state index is 0.201. The van der Waals surface area contributed by atoms with Crippen LogP contribution in [0.25, 0.3) is 0 Å². The van der Waals surface area contributed by atoms with Crippen molar-refractivity contribution in [2.24, 2.45) is 0 Å². The van der Waals surface area contributed by atoms with Gasteiger partial charge in [-0.25, -0.2) is 4.79 Å². The summed E-state index contributed by atoms with van der Waals surface area (Å²) in [5.41, 5.74) is 1.99. The fourth-order valence-electron chi connectivity index (χ4n) is 3.06. The number of piperidine rings is 1. The lowest BCUT2D eigenvalue weighted by Gasteiger charge is -2.31. The van der Waals surface area contributed by atoms with Crippen LogP contribution in [0, 0.1) is 6.92 Å². The van der Waals surface area contributed by atoms with E-state index in [1.54, 1.807) is 24.0 Å². The van der Waals surface area contributed by atoms with Crippen LogP contribution in [-0.4, -0.2) is 52.8 Å². The summed E-state index contributed by atoms with van der Waals surface area (Å²) in [6.45, 7) is 5.40. The molecular weight excluding hydrogens is 358 g/mol. The number of benzene rings is 1. The Morgan fingerprint density at radius 1 is 1.14 bits per heavy atom. The highest BCUT2D eigenvalue weighted by Crippen LogP contribution is 2.17. The second kappa shape index (κ2) is 9.16. The van der Waals surface area contributed by atoms with E-state index in [1.807, 2.05) is 31.2 Å². The number of nitrogens with zero attached hydrogens (tertiary/aromatic N) is 3. The van der Waals surface area contributed by atoms with Gasteiger partial charge in [-0.1, -0.05) is 18.2 Å². The van der Waals surface area contributed by atoms with Crippen LogP contribution in [0.3, 0.4) is 0 Å². The third-order valence-corrected chi connectivity index (χ3v) is 4.66. The van der Waals surface area contributed by atoms with E-state index < -0.39 is 0 Å². The molecule has 2 amide bonds. The summed E-state index contributed by atoms with van der Waals surface area (Å²) < 4.78 is 5.03. The van der Waals surface area contributed by atoms with Crippen molar-refractivity contribution in [1.29, 1.82) is 0 Å². The fourth-order valence-corrected chi connectivity index (χ4v) is 3.06. The highest BCUT2D eigenvalue weighted by Gasteiger charge is 2.23. The molecule has 0 aliphatic carbocycles. The number of para-hydroxylation sites is 1. The van der Waals surface area contributed by atoms with E-state index in [0.29, 0.717) is 25.5 Å². The molecule has 0 bridgehead atoms. The Kier molecular flexibility index (Phi) is 6.41. The molecule has 28 heavy (non-hydrogen) atoms. The van der Waals surface area contributed by atoms with Crippen LogP contribution in [0.1, 0.15) is 35.8 Å². The lowest BCUT2D eigenvalue weighted by atomic mass is 10.1. The van der Waals surface area contributed by atoms with Crippen molar-refractivity contribution in [3.8, 4) is 0 Å². The van der Waals surface area contributed by atoms with Crippen LogP contribution >= 0.6 is 0 Å². The van der Waals surface area contributed by atoms with E-state index in [0.717, 1.165) is 24.1 Å². The maximum Gasteiger partial charge on any atom is 0.409 e. The Labute approximate surface area is 164 Å². The number of hydrogen-bond donors (Lipinski definition) is 2. The van der Waals surface area contributed by atoms with E-state index in [1.165, 1.54) is 0 Å². The van der Waals surface area contributed by atoms with Crippen molar-refractivity contribution in [3.63, 3.8) is 0 Å². The van der Waals surface area contributed by atoms with Crippen molar-refractivity contribution in [1.82, 2.24) is 15.1 Å². The first-order valence-corrected chi connectivity index (χ1v) is 9.45. The number of likely N-dealkylation sites (tertiary alicyclic amines) is 1. The topological polar surface area (TPSA) is 96.5 Å². The number of aryl methyl sites for hydroxylation is 1. The molecule has 3 rings (SSSR count). The molecule has 0 spiro atoms. The zero-order valence-electron chi connectivity index (χ0n) is 16.1. The Balaban J connectivity index is 1.52. The summed E-state index contributed by atoms with van der Waals surface area (Å²) >= 11 is 0. The monoisotopic (exact) mass is 383 g/mol. The number of hydrogen-bond acceptors (Lipinski definition) is 6. The van der Waals surface area contributed by atoms with Gasteiger partial charge in [0.2, 0.25) is 0 Å². The van der Waals surface area contributed by atoms with Gasteiger partial charge < -0.3 is 20.3 Å². The second-order valence-corrected chi connectivity index (χ2v) is 6.68. The molecule has 0 radical (unpaired) electrons. The van der Waals surface area contributed by atoms with Gasteiger partial charge in [-0.05, 0) is 50.5 Å². The van der Waals surface area contributed by atoms with Crippen LogP contribution in [-0.2, 0) is 4.74 Å². The van der Waals surface area contributed by atoms with Gasteiger partial charge in [0, 0.05) is 24.8 Å². The predicted molar refractivity (Wildman–Crippen MR) is 106 cm³/mol. The molecule has 2 heterocycles. The first-order chi connectivity index (χ1) is 13.6. The summed E-state index contributed by atoms with van der Waals surface area (Å²) in [7, 11) is 0. The van der Waals surface area contributed by atoms with E-state index in [2.05, 4.69) is 20.8 Å². The number of rotatable bonds is 5. The van der Waals surface area contributed by atoms with Gasteiger partial charge in [-0.15, -0.1) is 10.2 Å². The van der Waals surface area contributed by atoms with E-state index >= 15 is 0 Å². The van der Waals surface area contributed by atoms with Crippen molar-refractivity contribution in [2.45, 2.75) is 32.7 Å². The average molecular weight is 383 g/mol. The largest absolute Gasteiger partial charge is 0.450 e. The van der Waals surface area contributed by atoms with Gasteiger partial charge in [0.15, 0.2) is 5.69 Å². The lowest BCUT2D eigenvalue weighted by molar-refractivity contribution is 0.0982. The first-order valence-electron chi connectivity index (χ1n) is 9.45. The average Bonchev–Trinajstić information content (AvgIpc) is 2.71. The maximum absolute atomic E-state index is 12.3. The third kappa shape index (κ3) is 4.97. The van der Waals surface area contributed by atoms with Gasteiger partial charge in [0.1, 0.15) is 5.82 Å². The molecule has 1 aliphatic heterocycles. The van der Waals surface area contributed by atoms with Crippen molar-refractivity contribution in [3.05, 3.63) is 47.7 Å². The molecule has 1 aromatic heterocycles. The number of amides is 2. The Morgan fingerprint density at radius 3 is 2.54 bits per heavy atom. The second-order valence-electron chi connectivity index (χ2n) is 6.68. The number of ether oxygens (including phenoxy) is 1. The molecular formula is C20H25N5O3. The molecule has 1 fully saturated rings. The minimum atomic E-state index is -0.295. The molecule has 2 N–H and O–H groups in total. The van der Waals surface area contributed by atoms with Crippen LogP contribution in [0.15, 0.2) is 36.4 Å². The predicted octanol–water partition coefficient (Wildman–Crippen LogP) is 3.07. The Morgan fingerprint density at radius 2 is 1.89 bits per heavy atom. The zero-order chi connectivity index (χ0) is 19.9. The quantitative estimate of drug-likeness (QED) is 0.824. The van der Waals surface area contributed by atoms with Gasteiger partial charge >= 0.3 is 6.09 Å². The summed E-state index contributed by atoms with van der Waals surface area (Å²) in [6, 6.07) is 11.2. The summed E-state index contributed by atoms with van der Waals surface area (Å²) in [6.07, 6.45) is 1.34. The maximum atomic E-state index is 12.3. The molecule has 8 heteroatoms. The number of anilines is 2. The SMILES string of the molecule is CCOC(=O)N1CCC(Nc2ccc(C(=O)Nc3ccccc3C)nn2)CC1. The van der Waals surface area contributed by atoms with Crippen LogP contribution in [0.4, 0.5) is 16.3 Å². The Bertz CT molecular complexity index is 817. The van der Waals surface area contributed by atoms with E-state index in [-0.39, 0.29) is 23.7 Å². The molecule has 2 aromatic rings. The molecule has 0 unspecified atom stereocenters. The first kappa shape index (κ1) is 19.6. The van der Waals surface area contributed by atoms with Gasteiger partial charge in [0.05, 0.1) is 6.61 Å². The van der Waals surface area contributed by atoms with Gasteiger partial charge in [0.25, 0.3) is 5.91 Å². The Hall–Kier alpha value is -3.16. The van der Waals surface area contributed by atoms with E-state index in [9.17, 15) is 9.59 Å². The highest BCUT2D eigenvalue weighted by atomic mass is 16.6. The highest BCUT2D eigenvalue weighted by molar-refractivity contribution is 6.03. The number of nitrogens with one attached hydrogen (secondary N) is 2. The third-order valence-electron chi connectivity index (χ3n) is 4.66. The van der Waals surface area contributed by atoms with Crippen LogP contribution < -0.4 is 10.6 Å². The number of aromatic nitrogens is 2. The van der Waals surface area contributed by atoms with Gasteiger partial charge in [-0.3, -0.25) is 4.79 Å². The minimum Gasteiger partial charge on any atom is -0.450 e. The molecule has 0 atom stereocenters. The fraction of sp³-hybridized carbons (Fsp3) is 0.400. The molecule has 1 saturated heterocycles. The molecule has 1 aliphatic rings. The zero-order valence-corrected chi connectivity index (χ0v) is 16.1. The van der Waals surface area contributed by atoms with Crippen molar-refractivity contribution < 1.29 is 14.3 Å². The standard InChI is InChI=1S/C20H25N5O3/c1-3-28-20(27)25-12-10-15(11-13-25)21-18-9-8-17(23-24-18)19(26)22-16-7-5-4-6-14(16)2/h4-9,15H,3,10-13H2,1-2H3,(H,21,24)(H,22,26). The molecule has 148 valence electrons. The molecule has 8 nitrogen and oxygen atoms in total. The van der Waals surface area contributed by atoms with Crippen LogP contribution in [0.5, 0.6) is 0 Å². The molecule has 0 saturated carbocycles. The molecule has 1 aromatic carbocycles. The summed E-state index contributed by atoms with van der Waals surface area (Å²) in [4.78, 5) is 25.8. The van der Waals surface area contributed by atoms with Crippen LogP contribution in [0.2, 0.25) is 0 Å². The number of carbonyl (C=O) groups is 2. The lowest BCUT2D eigenvalue weighted by Crippen LogP contribution is -2.42. The van der Waals surface area contributed by atoms with Crippen molar-refractivity contribution in [2.75, 3.05) is 30.3 Å². The van der Waals surface area contributed by atoms with E-state index in [4.69, 9.17) is 4.74 Å². The summed E-state index contributed by atoms with van der Waals surface area (Å²) in [5.74, 6) is 0.318. The smallest absolute Gasteiger partial charge is 0.409 e. The normalized spacial score (nSPS) is 14.4.